The van der Waals surface area contributed by atoms with Crippen molar-refractivity contribution in [2.45, 2.75) is 6.42 Å². The average molecular weight is 247 g/mol. The minimum Gasteiger partial charge on any atom is -0.480 e. The fraction of sp³-hybridized carbons (Fsp3) is 0.273. The van der Waals surface area contributed by atoms with E-state index < -0.39 is 0 Å². The molecule has 7 heteroatoms. The predicted octanol–water partition coefficient (Wildman–Crippen LogP) is 0.181. The number of pyridine rings is 1. The van der Waals surface area contributed by atoms with Crippen LogP contribution in [0.5, 0.6) is 5.88 Å². The molecule has 0 aliphatic rings. The van der Waals surface area contributed by atoms with Crippen molar-refractivity contribution in [3.05, 3.63) is 36.0 Å². The van der Waals surface area contributed by atoms with Crippen LogP contribution in [0.15, 0.2) is 24.7 Å². The maximum absolute atomic E-state index is 11.9. The molecule has 0 saturated carbocycles. The minimum atomic E-state index is -0.223. The zero-order chi connectivity index (χ0) is 12.8. The Morgan fingerprint density at radius 2 is 2.39 bits per heavy atom. The van der Waals surface area contributed by atoms with Crippen LogP contribution in [-0.2, 0) is 6.42 Å². The molecule has 0 atom stereocenters. The summed E-state index contributed by atoms with van der Waals surface area (Å²) in [4.78, 5) is 19.8. The van der Waals surface area contributed by atoms with E-state index in [4.69, 9.17) is 4.74 Å². The second kappa shape index (κ2) is 5.76. The van der Waals surface area contributed by atoms with Crippen LogP contribution in [0, 0.1) is 0 Å². The largest absolute Gasteiger partial charge is 0.480 e. The normalized spacial score (nSPS) is 10.1. The highest BCUT2D eigenvalue weighted by Gasteiger charge is 2.11. The van der Waals surface area contributed by atoms with Crippen LogP contribution in [0.25, 0.3) is 0 Å². The van der Waals surface area contributed by atoms with Crippen molar-refractivity contribution in [1.82, 2.24) is 25.5 Å². The van der Waals surface area contributed by atoms with Gasteiger partial charge in [0, 0.05) is 19.2 Å². The van der Waals surface area contributed by atoms with E-state index in [1.54, 1.807) is 18.3 Å². The number of ether oxygens (including phenoxy) is 1. The minimum absolute atomic E-state index is 0.223. The fourth-order valence-electron chi connectivity index (χ4n) is 1.47. The predicted molar refractivity (Wildman–Crippen MR) is 63.2 cm³/mol. The number of carbonyl (C=O) groups is 1. The van der Waals surface area contributed by atoms with Gasteiger partial charge in [-0.2, -0.15) is 5.10 Å². The number of hydrogen-bond donors (Lipinski definition) is 2. The third-order valence-electron chi connectivity index (χ3n) is 2.32. The molecule has 0 aliphatic heterocycles. The van der Waals surface area contributed by atoms with Gasteiger partial charge in [-0.25, -0.2) is 9.97 Å². The number of nitrogens with one attached hydrogen (secondary N) is 2. The second-order valence-corrected chi connectivity index (χ2v) is 3.50. The van der Waals surface area contributed by atoms with Crippen LogP contribution in [0.4, 0.5) is 0 Å². The Hall–Kier alpha value is -2.44. The van der Waals surface area contributed by atoms with E-state index in [0.717, 1.165) is 5.82 Å². The molecule has 2 rings (SSSR count). The lowest BCUT2D eigenvalue weighted by molar-refractivity contribution is 0.0950. The molecule has 94 valence electrons. The smallest absolute Gasteiger partial charge is 0.256 e. The van der Waals surface area contributed by atoms with Crippen LogP contribution >= 0.6 is 0 Å². The number of carbonyl (C=O) groups excluding carboxylic acids is 1. The highest BCUT2D eigenvalue weighted by Crippen LogP contribution is 2.12. The molecule has 0 aliphatic carbocycles. The standard InChI is InChI=1S/C11H13N5O2/c1-18-11-8(3-2-5-13-11)10(17)12-6-4-9-14-7-15-16-9/h2-3,5,7H,4,6H2,1H3,(H,12,17)(H,14,15,16). The molecular weight excluding hydrogens is 234 g/mol. The molecule has 2 heterocycles. The summed E-state index contributed by atoms with van der Waals surface area (Å²) in [6.45, 7) is 0.464. The highest BCUT2D eigenvalue weighted by molar-refractivity contribution is 5.96. The molecule has 1 amide bonds. The SMILES string of the molecule is COc1ncccc1C(=O)NCCc1ncn[nH]1. The lowest BCUT2D eigenvalue weighted by Crippen LogP contribution is -2.26. The summed E-state index contributed by atoms with van der Waals surface area (Å²) in [5.74, 6) is 0.822. The number of hydrogen-bond acceptors (Lipinski definition) is 5. The Kier molecular flexibility index (Phi) is 3.85. The third kappa shape index (κ3) is 2.82. The van der Waals surface area contributed by atoms with Crippen molar-refractivity contribution in [2.24, 2.45) is 0 Å². The van der Waals surface area contributed by atoms with Gasteiger partial charge in [0.15, 0.2) is 0 Å². The van der Waals surface area contributed by atoms with Gasteiger partial charge in [-0.3, -0.25) is 9.89 Å². The first-order chi connectivity index (χ1) is 8.81. The van der Waals surface area contributed by atoms with E-state index >= 15 is 0 Å². The number of methoxy groups -OCH3 is 1. The van der Waals surface area contributed by atoms with Gasteiger partial charge in [-0.05, 0) is 12.1 Å². The summed E-state index contributed by atoms with van der Waals surface area (Å²) in [7, 11) is 1.48. The molecule has 0 unspecified atom stereocenters. The highest BCUT2D eigenvalue weighted by atomic mass is 16.5. The van der Waals surface area contributed by atoms with Crippen LogP contribution in [0.2, 0.25) is 0 Å². The molecule has 2 aromatic rings. The summed E-state index contributed by atoms with van der Waals surface area (Å²) in [6.07, 6.45) is 3.60. The third-order valence-corrected chi connectivity index (χ3v) is 2.32. The molecule has 18 heavy (non-hydrogen) atoms. The second-order valence-electron chi connectivity index (χ2n) is 3.50. The van der Waals surface area contributed by atoms with Gasteiger partial charge in [-0.15, -0.1) is 0 Å². The first-order valence-corrected chi connectivity index (χ1v) is 5.42. The zero-order valence-electron chi connectivity index (χ0n) is 9.88. The molecule has 0 bridgehead atoms. The van der Waals surface area contributed by atoms with Crippen molar-refractivity contribution < 1.29 is 9.53 Å². The number of amides is 1. The van der Waals surface area contributed by atoms with Crippen LogP contribution in [-0.4, -0.2) is 39.7 Å². The van der Waals surface area contributed by atoms with E-state index in [2.05, 4.69) is 25.5 Å². The number of aromatic nitrogens is 4. The van der Waals surface area contributed by atoms with Gasteiger partial charge >= 0.3 is 0 Å². The Morgan fingerprint density at radius 1 is 1.50 bits per heavy atom. The molecule has 2 aromatic heterocycles. The van der Waals surface area contributed by atoms with Gasteiger partial charge in [0.05, 0.1) is 7.11 Å². The van der Waals surface area contributed by atoms with E-state index in [0.29, 0.717) is 24.4 Å². The van der Waals surface area contributed by atoms with Gasteiger partial charge < -0.3 is 10.1 Å². The van der Waals surface area contributed by atoms with E-state index in [-0.39, 0.29) is 5.91 Å². The molecule has 0 spiro atoms. The fourth-order valence-corrected chi connectivity index (χ4v) is 1.47. The van der Waals surface area contributed by atoms with E-state index in [9.17, 15) is 4.79 Å². The van der Waals surface area contributed by atoms with E-state index in [1.807, 2.05) is 0 Å². The average Bonchev–Trinajstić information content (AvgIpc) is 2.91. The summed E-state index contributed by atoms with van der Waals surface area (Å²) in [5.41, 5.74) is 0.414. The molecule has 0 radical (unpaired) electrons. The van der Waals surface area contributed by atoms with Crippen molar-refractivity contribution in [1.29, 1.82) is 0 Å². The molecule has 0 aromatic carbocycles. The molecule has 0 fully saturated rings. The summed E-state index contributed by atoms with van der Waals surface area (Å²) in [5, 5.41) is 9.22. The quantitative estimate of drug-likeness (QED) is 0.786. The lowest BCUT2D eigenvalue weighted by atomic mass is 10.2. The van der Waals surface area contributed by atoms with Gasteiger partial charge in [0.1, 0.15) is 17.7 Å². The summed E-state index contributed by atoms with van der Waals surface area (Å²) < 4.78 is 5.02. The first-order valence-electron chi connectivity index (χ1n) is 5.42. The zero-order valence-corrected chi connectivity index (χ0v) is 9.88. The number of nitrogens with zero attached hydrogens (tertiary/aromatic N) is 3. The van der Waals surface area contributed by atoms with Crippen molar-refractivity contribution in [2.75, 3.05) is 13.7 Å². The molecule has 2 N–H and O–H groups in total. The molecular formula is C11H13N5O2. The molecule has 7 nitrogen and oxygen atoms in total. The van der Waals surface area contributed by atoms with Gasteiger partial charge in [0.2, 0.25) is 5.88 Å². The monoisotopic (exact) mass is 247 g/mol. The van der Waals surface area contributed by atoms with Crippen LogP contribution in [0.3, 0.4) is 0 Å². The van der Waals surface area contributed by atoms with Crippen LogP contribution in [0.1, 0.15) is 16.2 Å². The van der Waals surface area contributed by atoms with Crippen molar-refractivity contribution in [3.63, 3.8) is 0 Å². The van der Waals surface area contributed by atoms with Crippen molar-refractivity contribution in [3.8, 4) is 5.88 Å². The van der Waals surface area contributed by atoms with E-state index in [1.165, 1.54) is 13.4 Å². The number of rotatable bonds is 5. The molecule has 0 saturated heterocycles. The maximum Gasteiger partial charge on any atom is 0.256 e. The Bertz CT molecular complexity index is 512. The topological polar surface area (TPSA) is 92.8 Å². The van der Waals surface area contributed by atoms with Gasteiger partial charge in [0.25, 0.3) is 5.91 Å². The Balaban J connectivity index is 1.91. The Morgan fingerprint density at radius 3 is 3.11 bits per heavy atom. The van der Waals surface area contributed by atoms with Crippen molar-refractivity contribution >= 4 is 5.91 Å². The van der Waals surface area contributed by atoms with Gasteiger partial charge in [-0.1, -0.05) is 0 Å². The Labute approximate surface area is 104 Å². The lowest BCUT2D eigenvalue weighted by Gasteiger charge is -2.07. The summed E-state index contributed by atoms with van der Waals surface area (Å²) >= 11 is 0. The first kappa shape index (κ1) is 12.0. The maximum atomic E-state index is 11.9. The summed E-state index contributed by atoms with van der Waals surface area (Å²) in [6, 6.07) is 3.35. The number of H-pyrrole nitrogens is 1. The number of aromatic amines is 1. The van der Waals surface area contributed by atoms with Crippen LogP contribution < -0.4 is 10.1 Å².